The standard InChI is InChI=1S/C16H13FN4O/c1-10(11-2-5-13(17)6-3-11)20-21-16(22)12-4-7-14-15(8-12)19-9-18-14/h2-9H,1H3,(H,18,19)(H,21,22)/b20-10+. The van der Waals surface area contributed by atoms with Crippen molar-refractivity contribution < 1.29 is 9.18 Å². The van der Waals surface area contributed by atoms with Crippen LogP contribution < -0.4 is 5.43 Å². The summed E-state index contributed by atoms with van der Waals surface area (Å²) in [6, 6.07) is 11.1. The zero-order chi connectivity index (χ0) is 15.5. The maximum atomic E-state index is 12.9. The fourth-order valence-electron chi connectivity index (χ4n) is 2.03. The molecule has 0 radical (unpaired) electrons. The topological polar surface area (TPSA) is 70.1 Å². The van der Waals surface area contributed by atoms with E-state index < -0.39 is 0 Å². The van der Waals surface area contributed by atoms with E-state index in [1.165, 1.54) is 12.1 Å². The van der Waals surface area contributed by atoms with Crippen molar-refractivity contribution in [1.29, 1.82) is 0 Å². The lowest BCUT2D eigenvalue weighted by Gasteiger charge is -2.03. The minimum Gasteiger partial charge on any atom is -0.345 e. The Balaban J connectivity index is 1.75. The first-order valence-corrected chi connectivity index (χ1v) is 6.67. The molecule has 0 saturated carbocycles. The highest BCUT2D eigenvalue weighted by Gasteiger charge is 2.07. The number of nitrogens with one attached hydrogen (secondary N) is 2. The highest BCUT2D eigenvalue weighted by atomic mass is 19.1. The summed E-state index contributed by atoms with van der Waals surface area (Å²) < 4.78 is 12.9. The molecule has 0 atom stereocenters. The van der Waals surface area contributed by atoms with Crippen molar-refractivity contribution in [2.24, 2.45) is 5.10 Å². The van der Waals surface area contributed by atoms with Crippen LogP contribution in [-0.4, -0.2) is 21.6 Å². The van der Waals surface area contributed by atoms with E-state index in [1.54, 1.807) is 43.6 Å². The predicted octanol–water partition coefficient (Wildman–Crippen LogP) is 2.86. The molecule has 110 valence electrons. The lowest BCUT2D eigenvalue weighted by molar-refractivity contribution is 0.0955. The molecule has 5 nitrogen and oxygen atoms in total. The Kier molecular flexibility index (Phi) is 3.65. The molecule has 1 heterocycles. The van der Waals surface area contributed by atoms with E-state index >= 15 is 0 Å². The van der Waals surface area contributed by atoms with Gasteiger partial charge in [0.25, 0.3) is 5.91 Å². The van der Waals surface area contributed by atoms with Crippen molar-refractivity contribution in [2.45, 2.75) is 6.92 Å². The molecular weight excluding hydrogens is 283 g/mol. The Hall–Kier alpha value is -3.02. The van der Waals surface area contributed by atoms with Crippen LogP contribution in [0.25, 0.3) is 11.0 Å². The minimum absolute atomic E-state index is 0.312. The van der Waals surface area contributed by atoms with E-state index in [4.69, 9.17) is 0 Å². The molecule has 1 aromatic heterocycles. The number of fused-ring (bicyclic) bond motifs is 1. The number of H-pyrrole nitrogens is 1. The molecule has 0 aliphatic heterocycles. The van der Waals surface area contributed by atoms with Crippen molar-refractivity contribution in [2.75, 3.05) is 0 Å². The van der Waals surface area contributed by atoms with Gasteiger partial charge in [0.05, 0.1) is 23.1 Å². The number of hydrogen-bond donors (Lipinski definition) is 2. The third-order valence-corrected chi connectivity index (χ3v) is 3.27. The molecule has 1 amide bonds. The second-order valence-corrected chi connectivity index (χ2v) is 4.78. The third-order valence-electron chi connectivity index (χ3n) is 3.27. The molecule has 0 bridgehead atoms. The van der Waals surface area contributed by atoms with Crippen LogP contribution in [0.1, 0.15) is 22.8 Å². The van der Waals surface area contributed by atoms with Crippen LogP contribution in [0.4, 0.5) is 4.39 Å². The van der Waals surface area contributed by atoms with Crippen molar-refractivity contribution in [3.05, 3.63) is 65.7 Å². The maximum absolute atomic E-state index is 12.9. The van der Waals surface area contributed by atoms with E-state index in [0.717, 1.165) is 16.6 Å². The van der Waals surface area contributed by atoms with Crippen molar-refractivity contribution in [1.82, 2.24) is 15.4 Å². The van der Waals surface area contributed by atoms with E-state index in [-0.39, 0.29) is 11.7 Å². The molecule has 3 aromatic rings. The quantitative estimate of drug-likeness (QED) is 0.576. The number of rotatable bonds is 3. The van der Waals surface area contributed by atoms with Gasteiger partial charge in [-0.3, -0.25) is 4.79 Å². The molecule has 3 rings (SSSR count). The summed E-state index contributed by atoms with van der Waals surface area (Å²) in [5.41, 5.74) is 5.88. The van der Waals surface area contributed by atoms with Gasteiger partial charge in [-0.2, -0.15) is 5.10 Å². The number of amides is 1. The van der Waals surface area contributed by atoms with Crippen molar-refractivity contribution in [3.8, 4) is 0 Å². The van der Waals surface area contributed by atoms with Crippen molar-refractivity contribution in [3.63, 3.8) is 0 Å². The summed E-state index contributed by atoms with van der Waals surface area (Å²) >= 11 is 0. The van der Waals surface area contributed by atoms with Gasteiger partial charge in [0.15, 0.2) is 0 Å². The number of carbonyl (C=O) groups is 1. The Morgan fingerprint density at radius 2 is 1.91 bits per heavy atom. The normalized spacial score (nSPS) is 11.6. The lowest BCUT2D eigenvalue weighted by Crippen LogP contribution is -2.19. The van der Waals surface area contributed by atoms with E-state index in [2.05, 4.69) is 20.5 Å². The van der Waals surface area contributed by atoms with Gasteiger partial charge in [0.2, 0.25) is 0 Å². The largest absolute Gasteiger partial charge is 0.345 e. The first-order chi connectivity index (χ1) is 10.6. The summed E-state index contributed by atoms with van der Waals surface area (Å²) in [4.78, 5) is 19.1. The molecule has 0 spiro atoms. The Morgan fingerprint density at radius 3 is 2.68 bits per heavy atom. The van der Waals surface area contributed by atoms with Gasteiger partial charge in [0.1, 0.15) is 5.82 Å². The first kappa shape index (κ1) is 13.9. The van der Waals surface area contributed by atoms with Crippen LogP contribution in [0.15, 0.2) is 53.9 Å². The van der Waals surface area contributed by atoms with Gasteiger partial charge < -0.3 is 4.98 Å². The highest BCUT2D eigenvalue weighted by molar-refractivity contribution is 6.01. The predicted molar refractivity (Wildman–Crippen MR) is 82.2 cm³/mol. The number of carbonyl (C=O) groups excluding carboxylic acids is 1. The van der Waals surface area contributed by atoms with Gasteiger partial charge in [-0.1, -0.05) is 12.1 Å². The van der Waals surface area contributed by atoms with Crippen LogP contribution in [0.5, 0.6) is 0 Å². The monoisotopic (exact) mass is 296 g/mol. The average Bonchev–Trinajstić information content (AvgIpc) is 3.00. The average molecular weight is 296 g/mol. The van der Waals surface area contributed by atoms with Crippen LogP contribution in [0.2, 0.25) is 0 Å². The fraction of sp³-hybridized carbons (Fsp3) is 0.0625. The van der Waals surface area contributed by atoms with Gasteiger partial charge in [-0.15, -0.1) is 0 Å². The number of aromatic nitrogens is 2. The summed E-state index contributed by atoms with van der Waals surface area (Å²) in [5.74, 6) is -0.633. The molecule has 2 aromatic carbocycles. The molecule has 0 unspecified atom stereocenters. The summed E-state index contributed by atoms with van der Waals surface area (Å²) in [6.45, 7) is 1.74. The second-order valence-electron chi connectivity index (χ2n) is 4.78. The van der Waals surface area contributed by atoms with E-state index in [1.807, 2.05) is 0 Å². The number of benzene rings is 2. The Morgan fingerprint density at radius 1 is 1.18 bits per heavy atom. The number of hydrogen-bond acceptors (Lipinski definition) is 3. The molecule has 0 aliphatic carbocycles. The van der Waals surface area contributed by atoms with Gasteiger partial charge in [0, 0.05) is 5.56 Å². The number of nitrogens with zero attached hydrogens (tertiary/aromatic N) is 2. The zero-order valence-electron chi connectivity index (χ0n) is 11.8. The number of imidazole rings is 1. The number of hydrazone groups is 1. The summed E-state index contributed by atoms with van der Waals surface area (Å²) in [5, 5.41) is 4.04. The van der Waals surface area contributed by atoms with Gasteiger partial charge in [-0.05, 0) is 42.8 Å². The van der Waals surface area contributed by atoms with Gasteiger partial charge >= 0.3 is 0 Å². The fourth-order valence-corrected chi connectivity index (χ4v) is 2.03. The van der Waals surface area contributed by atoms with Crippen LogP contribution in [0.3, 0.4) is 0 Å². The van der Waals surface area contributed by atoms with Crippen LogP contribution in [-0.2, 0) is 0 Å². The van der Waals surface area contributed by atoms with E-state index in [9.17, 15) is 9.18 Å². The Labute approximate surface area is 125 Å². The molecule has 22 heavy (non-hydrogen) atoms. The van der Waals surface area contributed by atoms with Crippen molar-refractivity contribution >= 4 is 22.7 Å². The Bertz CT molecular complexity index is 852. The van der Waals surface area contributed by atoms with E-state index in [0.29, 0.717) is 11.3 Å². The summed E-state index contributed by atoms with van der Waals surface area (Å²) in [7, 11) is 0. The molecule has 0 aliphatic rings. The highest BCUT2D eigenvalue weighted by Crippen LogP contribution is 2.11. The van der Waals surface area contributed by atoms with Crippen LogP contribution in [0, 0.1) is 5.82 Å². The molecule has 6 heteroatoms. The third kappa shape index (κ3) is 2.85. The number of aromatic amines is 1. The zero-order valence-corrected chi connectivity index (χ0v) is 11.8. The molecule has 0 saturated heterocycles. The lowest BCUT2D eigenvalue weighted by atomic mass is 10.1. The second kappa shape index (κ2) is 5.77. The minimum atomic E-state index is -0.321. The maximum Gasteiger partial charge on any atom is 0.271 e. The molecule has 2 N–H and O–H groups in total. The summed E-state index contributed by atoms with van der Waals surface area (Å²) in [6.07, 6.45) is 1.57. The van der Waals surface area contributed by atoms with Crippen LogP contribution >= 0.6 is 0 Å². The van der Waals surface area contributed by atoms with Gasteiger partial charge in [-0.25, -0.2) is 14.8 Å². The SMILES string of the molecule is C/C(=N\NC(=O)c1ccc2nc[nH]c2c1)c1ccc(F)cc1. The molecule has 0 fully saturated rings. The smallest absolute Gasteiger partial charge is 0.271 e. The molecular formula is C16H13FN4O. The number of halogens is 1. The first-order valence-electron chi connectivity index (χ1n) is 6.67.